The van der Waals surface area contributed by atoms with Crippen LogP contribution < -0.4 is 5.32 Å². The predicted molar refractivity (Wildman–Crippen MR) is 62.6 cm³/mol. The molecule has 1 saturated carbocycles. The lowest BCUT2D eigenvalue weighted by molar-refractivity contribution is 0.255. The zero-order valence-corrected chi connectivity index (χ0v) is 10.1. The molecule has 0 saturated heterocycles. The summed E-state index contributed by atoms with van der Waals surface area (Å²) in [6.07, 6.45) is 6.92. The Morgan fingerprint density at radius 2 is 2.00 bits per heavy atom. The third-order valence-electron chi connectivity index (χ3n) is 3.26. The van der Waals surface area contributed by atoms with E-state index in [2.05, 4.69) is 31.2 Å². The number of unbranched alkanes of at least 4 members (excludes halogenated alkanes) is 2. The molecule has 0 aliphatic heterocycles. The van der Waals surface area contributed by atoms with Gasteiger partial charge in [-0.2, -0.15) is 0 Å². The molecule has 1 aliphatic carbocycles. The van der Waals surface area contributed by atoms with E-state index in [0.717, 1.165) is 0 Å². The molecule has 1 rings (SSSR count). The molecule has 1 fully saturated rings. The van der Waals surface area contributed by atoms with Crippen molar-refractivity contribution < 1.29 is 0 Å². The molecule has 2 nitrogen and oxygen atoms in total. The van der Waals surface area contributed by atoms with E-state index in [0.29, 0.717) is 5.41 Å². The van der Waals surface area contributed by atoms with Crippen LogP contribution in [0.5, 0.6) is 0 Å². The molecular formula is C12H26N2. The Morgan fingerprint density at radius 1 is 1.29 bits per heavy atom. The smallest absolute Gasteiger partial charge is 0.00471 e. The number of rotatable bonds is 8. The maximum absolute atomic E-state index is 3.32. The van der Waals surface area contributed by atoms with Gasteiger partial charge >= 0.3 is 0 Å². The molecule has 0 radical (unpaired) electrons. The average Bonchev–Trinajstić information content (AvgIpc) is 2.86. The van der Waals surface area contributed by atoms with E-state index < -0.39 is 0 Å². The van der Waals surface area contributed by atoms with Gasteiger partial charge in [-0.05, 0) is 45.3 Å². The van der Waals surface area contributed by atoms with Crippen molar-refractivity contribution in [3.05, 3.63) is 0 Å². The minimum absolute atomic E-state index is 0.635. The molecule has 0 heterocycles. The highest BCUT2D eigenvalue weighted by Gasteiger charge is 2.42. The Kier molecular flexibility index (Phi) is 4.90. The van der Waals surface area contributed by atoms with Crippen molar-refractivity contribution in [3.8, 4) is 0 Å². The van der Waals surface area contributed by atoms with Crippen molar-refractivity contribution in [1.82, 2.24) is 10.2 Å². The largest absolute Gasteiger partial charge is 0.319 e. The van der Waals surface area contributed by atoms with Crippen LogP contribution in [-0.2, 0) is 0 Å². The highest BCUT2D eigenvalue weighted by Crippen LogP contribution is 2.45. The quantitative estimate of drug-likeness (QED) is 0.601. The van der Waals surface area contributed by atoms with E-state index in [1.54, 1.807) is 0 Å². The van der Waals surface area contributed by atoms with Gasteiger partial charge in [0.05, 0.1) is 0 Å². The van der Waals surface area contributed by atoms with Crippen LogP contribution in [0, 0.1) is 5.41 Å². The summed E-state index contributed by atoms with van der Waals surface area (Å²) < 4.78 is 0. The van der Waals surface area contributed by atoms with Crippen LogP contribution in [0.25, 0.3) is 0 Å². The number of hydrogen-bond donors (Lipinski definition) is 1. The first kappa shape index (κ1) is 12.0. The van der Waals surface area contributed by atoms with Crippen molar-refractivity contribution >= 4 is 0 Å². The van der Waals surface area contributed by atoms with Gasteiger partial charge in [0.25, 0.3) is 0 Å². The van der Waals surface area contributed by atoms with Gasteiger partial charge < -0.3 is 10.2 Å². The van der Waals surface area contributed by atoms with Gasteiger partial charge in [0.15, 0.2) is 0 Å². The van der Waals surface area contributed by atoms with Gasteiger partial charge in [0, 0.05) is 13.1 Å². The lowest BCUT2D eigenvalue weighted by atomic mass is 10.1. The Balaban J connectivity index is 2.10. The van der Waals surface area contributed by atoms with Gasteiger partial charge in [0.1, 0.15) is 0 Å². The third kappa shape index (κ3) is 3.97. The van der Waals surface area contributed by atoms with Gasteiger partial charge in [-0.3, -0.25) is 0 Å². The molecule has 14 heavy (non-hydrogen) atoms. The van der Waals surface area contributed by atoms with Crippen LogP contribution in [0.4, 0.5) is 0 Å². The predicted octanol–water partition coefficient (Wildman–Crippen LogP) is 2.11. The minimum Gasteiger partial charge on any atom is -0.319 e. The molecule has 0 unspecified atom stereocenters. The SMILES string of the molecule is CCCCCN(C)CC1(CNC)CC1. The summed E-state index contributed by atoms with van der Waals surface area (Å²) in [6, 6.07) is 0. The highest BCUT2D eigenvalue weighted by molar-refractivity contribution is 4.96. The fourth-order valence-electron chi connectivity index (χ4n) is 2.23. The average molecular weight is 198 g/mol. The normalized spacial score (nSPS) is 18.9. The second kappa shape index (κ2) is 5.72. The Bertz CT molecular complexity index is 152. The molecule has 0 amide bonds. The molecular weight excluding hydrogens is 172 g/mol. The molecule has 0 bridgehead atoms. The zero-order valence-electron chi connectivity index (χ0n) is 10.1. The maximum atomic E-state index is 3.32. The second-order valence-electron chi connectivity index (χ2n) is 4.98. The maximum Gasteiger partial charge on any atom is 0.00471 e. The third-order valence-corrected chi connectivity index (χ3v) is 3.26. The fourth-order valence-corrected chi connectivity index (χ4v) is 2.23. The lowest BCUT2D eigenvalue weighted by Crippen LogP contribution is -2.33. The summed E-state index contributed by atoms with van der Waals surface area (Å²) in [5.41, 5.74) is 0.635. The molecule has 1 aliphatic rings. The van der Waals surface area contributed by atoms with E-state index in [1.807, 2.05) is 0 Å². The van der Waals surface area contributed by atoms with E-state index in [1.165, 1.54) is 51.7 Å². The molecule has 0 spiro atoms. The standard InChI is InChI=1S/C12H26N2/c1-4-5-6-9-14(3)11-12(7-8-12)10-13-2/h13H,4-11H2,1-3H3. The van der Waals surface area contributed by atoms with E-state index >= 15 is 0 Å². The molecule has 0 aromatic carbocycles. The molecule has 0 aromatic rings. The van der Waals surface area contributed by atoms with Crippen LogP contribution in [0.15, 0.2) is 0 Å². The van der Waals surface area contributed by atoms with E-state index in [4.69, 9.17) is 0 Å². The van der Waals surface area contributed by atoms with E-state index in [9.17, 15) is 0 Å². The topological polar surface area (TPSA) is 15.3 Å². The summed E-state index contributed by atoms with van der Waals surface area (Å²) in [6.45, 7) is 6.03. The molecule has 0 aromatic heterocycles. The zero-order chi connectivity index (χ0) is 10.4. The first-order valence-corrected chi connectivity index (χ1v) is 6.05. The molecule has 84 valence electrons. The second-order valence-corrected chi connectivity index (χ2v) is 4.98. The van der Waals surface area contributed by atoms with Crippen molar-refractivity contribution in [2.45, 2.75) is 39.0 Å². The Labute approximate surface area is 89.1 Å². The molecule has 0 atom stereocenters. The van der Waals surface area contributed by atoms with Crippen LogP contribution in [0.1, 0.15) is 39.0 Å². The summed E-state index contributed by atoms with van der Waals surface area (Å²) >= 11 is 0. The fraction of sp³-hybridized carbons (Fsp3) is 1.00. The van der Waals surface area contributed by atoms with Crippen molar-refractivity contribution in [2.24, 2.45) is 5.41 Å². The van der Waals surface area contributed by atoms with Crippen LogP contribution in [0.3, 0.4) is 0 Å². The minimum atomic E-state index is 0.635. The van der Waals surface area contributed by atoms with E-state index in [-0.39, 0.29) is 0 Å². The lowest BCUT2D eigenvalue weighted by Gasteiger charge is -2.23. The van der Waals surface area contributed by atoms with Crippen LogP contribution in [-0.4, -0.2) is 38.6 Å². The highest BCUT2D eigenvalue weighted by atomic mass is 15.1. The van der Waals surface area contributed by atoms with Crippen molar-refractivity contribution in [3.63, 3.8) is 0 Å². The van der Waals surface area contributed by atoms with Gasteiger partial charge in [-0.15, -0.1) is 0 Å². The first-order valence-electron chi connectivity index (χ1n) is 6.05. The number of hydrogen-bond acceptors (Lipinski definition) is 2. The summed E-state index contributed by atoms with van der Waals surface area (Å²) in [5, 5.41) is 3.32. The number of nitrogens with one attached hydrogen (secondary N) is 1. The summed E-state index contributed by atoms with van der Waals surface area (Å²) in [7, 11) is 4.34. The van der Waals surface area contributed by atoms with Crippen LogP contribution >= 0.6 is 0 Å². The number of nitrogens with zero attached hydrogens (tertiary/aromatic N) is 1. The first-order chi connectivity index (χ1) is 6.72. The Hall–Kier alpha value is -0.0800. The summed E-state index contributed by atoms with van der Waals surface area (Å²) in [4.78, 5) is 2.51. The van der Waals surface area contributed by atoms with Crippen LogP contribution in [0.2, 0.25) is 0 Å². The van der Waals surface area contributed by atoms with Gasteiger partial charge in [-0.25, -0.2) is 0 Å². The monoisotopic (exact) mass is 198 g/mol. The van der Waals surface area contributed by atoms with Gasteiger partial charge in [-0.1, -0.05) is 19.8 Å². The molecule has 2 heteroatoms. The van der Waals surface area contributed by atoms with Crippen molar-refractivity contribution in [2.75, 3.05) is 33.7 Å². The summed E-state index contributed by atoms with van der Waals surface area (Å²) in [5.74, 6) is 0. The van der Waals surface area contributed by atoms with Crippen molar-refractivity contribution in [1.29, 1.82) is 0 Å². The van der Waals surface area contributed by atoms with Gasteiger partial charge in [0.2, 0.25) is 0 Å². The Morgan fingerprint density at radius 3 is 2.50 bits per heavy atom. The molecule has 1 N–H and O–H groups in total.